The van der Waals surface area contributed by atoms with Crippen molar-refractivity contribution < 1.29 is 9.18 Å². The predicted octanol–water partition coefficient (Wildman–Crippen LogP) is 2.70. The smallest absolute Gasteiger partial charge is 0.242 e. The molecule has 0 spiro atoms. The molecular weight excluding hydrogens is 319 g/mol. The highest BCUT2D eigenvalue weighted by Gasteiger charge is 2.22. The van der Waals surface area contributed by atoms with Gasteiger partial charge in [-0.3, -0.25) is 9.69 Å². The number of hydrogen-bond donors (Lipinski definition) is 1. The lowest BCUT2D eigenvalue weighted by Gasteiger charge is -2.23. The van der Waals surface area contributed by atoms with Crippen LogP contribution in [0.4, 0.5) is 4.39 Å². The molecule has 6 heteroatoms. The summed E-state index contributed by atoms with van der Waals surface area (Å²) in [4.78, 5) is 19.0. The Labute approximate surface area is 146 Å². The van der Waals surface area contributed by atoms with E-state index in [1.807, 2.05) is 49.9 Å². The average Bonchev–Trinajstić information content (AvgIpc) is 2.96. The first-order valence-electron chi connectivity index (χ1n) is 8.08. The number of carbonyl (C=O) groups excluding carboxylic acids is 1. The Morgan fingerprint density at radius 1 is 1.28 bits per heavy atom. The van der Waals surface area contributed by atoms with Crippen molar-refractivity contribution in [2.75, 3.05) is 14.1 Å². The maximum absolute atomic E-state index is 13.1. The number of benzene rings is 1. The van der Waals surface area contributed by atoms with Crippen LogP contribution in [0.25, 0.3) is 5.65 Å². The number of carbonyl (C=O) groups is 1. The van der Waals surface area contributed by atoms with Crippen LogP contribution >= 0.6 is 0 Å². The van der Waals surface area contributed by atoms with Crippen molar-refractivity contribution in [3.63, 3.8) is 0 Å². The molecule has 0 saturated carbocycles. The van der Waals surface area contributed by atoms with E-state index in [0.29, 0.717) is 6.54 Å². The van der Waals surface area contributed by atoms with Crippen LogP contribution in [0.2, 0.25) is 0 Å². The first-order chi connectivity index (χ1) is 11.9. The van der Waals surface area contributed by atoms with Crippen LogP contribution < -0.4 is 5.32 Å². The van der Waals surface area contributed by atoms with Crippen molar-refractivity contribution in [1.29, 1.82) is 0 Å². The van der Waals surface area contributed by atoms with Gasteiger partial charge in [-0.05, 0) is 56.4 Å². The minimum Gasteiger partial charge on any atom is -0.349 e. The van der Waals surface area contributed by atoms with Gasteiger partial charge >= 0.3 is 0 Å². The number of nitrogens with zero attached hydrogens (tertiary/aromatic N) is 3. The number of fused-ring (bicyclic) bond motifs is 1. The summed E-state index contributed by atoms with van der Waals surface area (Å²) < 4.78 is 15.1. The van der Waals surface area contributed by atoms with Gasteiger partial charge in [0.25, 0.3) is 0 Å². The fourth-order valence-corrected chi connectivity index (χ4v) is 2.82. The molecule has 2 heterocycles. The van der Waals surface area contributed by atoms with Gasteiger partial charge in [0.05, 0.1) is 12.2 Å². The van der Waals surface area contributed by atoms with Gasteiger partial charge in [0.1, 0.15) is 17.5 Å². The van der Waals surface area contributed by atoms with Crippen molar-refractivity contribution in [2.45, 2.75) is 19.5 Å². The molecule has 130 valence electrons. The molecule has 0 saturated heterocycles. The number of amides is 1. The summed E-state index contributed by atoms with van der Waals surface area (Å²) in [5.41, 5.74) is 3.52. The molecule has 1 atom stereocenters. The van der Waals surface area contributed by atoms with E-state index in [-0.39, 0.29) is 11.7 Å². The monoisotopic (exact) mass is 340 g/mol. The predicted molar refractivity (Wildman–Crippen MR) is 94.6 cm³/mol. The second-order valence-corrected chi connectivity index (χ2v) is 6.34. The van der Waals surface area contributed by atoms with Crippen molar-refractivity contribution in [3.8, 4) is 0 Å². The number of nitrogens with one attached hydrogen (secondary N) is 1. The zero-order chi connectivity index (χ0) is 18.0. The molecule has 3 aromatic rings. The van der Waals surface area contributed by atoms with E-state index in [0.717, 1.165) is 22.5 Å². The Morgan fingerprint density at radius 2 is 2.00 bits per heavy atom. The van der Waals surface area contributed by atoms with E-state index in [2.05, 4.69) is 10.3 Å². The molecular formula is C19H21FN4O. The van der Waals surface area contributed by atoms with Gasteiger partial charge in [-0.15, -0.1) is 0 Å². The fourth-order valence-electron chi connectivity index (χ4n) is 2.82. The van der Waals surface area contributed by atoms with Crippen LogP contribution in [0.5, 0.6) is 0 Å². The summed E-state index contributed by atoms with van der Waals surface area (Å²) >= 11 is 0. The SMILES string of the molecule is Cc1ccn2cc(CNC(=O)[C@H](c3ccc(F)cc3)N(C)C)nc2c1. The van der Waals surface area contributed by atoms with Gasteiger partial charge in [0.15, 0.2) is 0 Å². The highest BCUT2D eigenvalue weighted by molar-refractivity contribution is 5.83. The molecule has 1 N–H and O–H groups in total. The molecule has 1 aromatic carbocycles. The van der Waals surface area contributed by atoms with Gasteiger partial charge in [-0.25, -0.2) is 9.37 Å². The highest BCUT2D eigenvalue weighted by Crippen LogP contribution is 2.19. The number of pyridine rings is 1. The average molecular weight is 340 g/mol. The molecule has 2 aromatic heterocycles. The minimum absolute atomic E-state index is 0.148. The normalized spacial score (nSPS) is 12.5. The lowest BCUT2D eigenvalue weighted by atomic mass is 10.1. The van der Waals surface area contributed by atoms with Crippen LogP contribution in [-0.2, 0) is 11.3 Å². The second kappa shape index (κ2) is 7.03. The summed E-state index contributed by atoms with van der Waals surface area (Å²) in [5.74, 6) is -0.466. The van der Waals surface area contributed by atoms with Gasteiger partial charge in [0, 0.05) is 12.4 Å². The highest BCUT2D eigenvalue weighted by atomic mass is 19.1. The Hall–Kier alpha value is -2.73. The van der Waals surface area contributed by atoms with Crippen molar-refractivity contribution >= 4 is 11.6 Å². The number of halogens is 1. The standard InChI is InChI=1S/C19H21FN4O/c1-13-8-9-24-12-16(22-17(24)10-13)11-21-19(25)18(23(2)3)14-4-6-15(20)7-5-14/h4-10,12,18H,11H2,1-3H3,(H,21,25)/t18-/m0/s1. The Balaban J connectivity index is 1.73. The first-order valence-corrected chi connectivity index (χ1v) is 8.08. The van der Waals surface area contributed by atoms with E-state index < -0.39 is 6.04 Å². The molecule has 5 nitrogen and oxygen atoms in total. The zero-order valence-corrected chi connectivity index (χ0v) is 14.5. The Morgan fingerprint density at radius 3 is 2.68 bits per heavy atom. The molecule has 0 bridgehead atoms. The molecule has 0 unspecified atom stereocenters. The lowest BCUT2D eigenvalue weighted by Crippen LogP contribution is -2.36. The topological polar surface area (TPSA) is 49.6 Å². The molecule has 25 heavy (non-hydrogen) atoms. The summed E-state index contributed by atoms with van der Waals surface area (Å²) in [6.45, 7) is 2.35. The summed E-state index contributed by atoms with van der Waals surface area (Å²) in [5, 5.41) is 2.92. The molecule has 0 radical (unpaired) electrons. The fraction of sp³-hybridized carbons (Fsp3) is 0.263. The van der Waals surface area contributed by atoms with Crippen LogP contribution in [0.3, 0.4) is 0 Å². The first kappa shape index (κ1) is 17.1. The third-order valence-corrected chi connectivity index (χ3v) is 4.06. The summed E-state index contributed by atoms with van der Waals surface area (Å²) in [6.07, 6.45) is 3.85. The van der Waals surface area contributed by atoms with Crippen LogP contribution in [-0.4, -0.2) is 34.3 Å². The van der Waals surface area contributed by atoms with Crippen molar-refractivity contribution in [2.24, 2.45) is 0 Å². The number of likely N-dealkylation sites (N-methyl/N-ethyl adjacent to an activating group) is 1. The molecule has 3 rings (SSSR count). The largest absolute Gasteiger partial charge is 0.349 e. The van der Waals surface area contributed by atoms with Crippen molar-refractivity contribution in [3.05, 3.63) is 71.4 Å². The number of hydrogen-bond acceptors (Lipinski definition) is 3. The van der Waals surface area contributed by atoms with E-state index in [4.69, 9.17) is 0 Å². The van der Waals surface area contributed by atoms with Crippen LogP contribution in [0.15, 0.2) is 48.8 Å². The van der Waals surface area contributed by atoms with E-state index in [1.165, 1.54) is 12.1 Å². The van der Waals surface area contributed by atoms with E-state index in [1.54, 1.807) is 17.0 Å². The van der Waals surface area contributed by atoms with E-state index in [9.17, 15) is 9.18 Å². The Bertz CT molecular complexity index is 886. The number of imidazole rings is 1. The van der Waals surface area contributed by atoms with Gasteiger partial charge in [-0.2, -0.15) is 0 Å². The quantitative estimate of drug-likeness (QED) is 0.777. The van der Waals surface area contributed by atoms with Gasteiger partial charge < -0.3 is 9.72 Å². The third kappa shape index (κ3) is 3.85. The number of aryl methyl sites for hydroxylation is 1. The second-order valence-electron chi connectivity index (χ2n) is 6.34. The molecule has 0 aliphatic carbocycles. The van der Waals surface area contributed by atoms with Crippen LogP contribution in [0.1, 0.15) is 22.9 Å². The van der Waals surface area contributed by atoms with Crippen molar-refractivity contribution in [1.82, 2.24) is 19.6 Å². The minimum atomic E-state index is -0.486. The molecule has 1 amide bonds. The number of aromatic nitrogens is 2. The Kier molecular flexibility index (Phi) is 4.81. The van der Waals surface area contributed by atoms with Crippen LogP contribution in [0, 0.1) is 12.7 Å². The lowest BCUT2D eigenvalue weighted by molar-refractivity contribution is -0.126. The van der Waals surface area contributed by atoms with Gasteiger partial charge in [-0.1, -0.05) is 12.1 Å². The molecule has 0 aliphatic heterocycles. The molecule has 0 fully saturated rings. The number of rotatable bonds is 5. The van der Waals surface area contributed by atoms with Gasteiger partial charge in [0.2, 0.25) is 5.91 Å². The summed E-state index contributed by atoms with van der Waals surface area (Å²) in [7, 11) is 3.64. The van der Waals surface area contributed by atoms with E-state index >= 15 is 0 Å². The maximum atomic E-state index is 13.1. The zero-order valence-electron chi connectivity index (χ0n) is 14.5. The maximum Gasteiger partial charge on any atom is 0.242 e. The summed E-state index contributed by atoms with van der Waals surface area (Å²) in [6, 6.07) is 9.51. The third-order valence-electron chi connectivity index (χ3n) is 4.06. The molecule has 0 aliphatic rings.